The largest absolute Gasteiger partial charge is 0.354 e. The number of piperidine rings is 1. The number of benzene rings is 1. The Bertz CT molecular complexity index is 1050. The number of pyridine rings is 1. The second-order valence-electron chi connectivity index (χ2n) is 7.05. The summed E-state index contributed by atoms with van der Waals surface area (Å²) in [5.74, 6) is 0.681. The fourth-order valence-corrected chi connectivity index (χ4v) is 4.20. The first kappa shape index (κ1) is 14.7. The van der Waals surface area contributed by atoms with Crippen LogP contribution >= 0.6 is 0 Å². The lowest BCUT2D eigenvalue weighted by Crippen LogP contribution is -2.26. The van der Waals surface area contributed by atoms with Crippen molar-refractivity contribution < 1.29 is 0 Å². The predicted molar refractivity (Wildman–Crippen MR) is 103 cm³/mol. The Balaban J connectivity index is 1.65. The van der Waals surface area contributed by atoms with Crippen LogP contribution in [0.4, 0.5) is 0 Å². The monoisotopic (exact) mass is 330 g/mol. The van der Waals surface area contributed by atoms with E-state index in [1.807, 2.05) is 12.4 Å². The van der Waals surface area contributed by atoms with E-state index in [9.17, 15) is 0 Å². The van der Waals surface area contributed by atoms with Crippen molar-refractivity contribution in [2.24, 2.45) is 0 Å². The van der Waals surface area contributed by atoms with Crippen LogP contribution in [0, 0.1) is 6.92 Å². The van der Waals surface area contributed by atoms with Crippen molar-refractivity contribution in [3.63, 3.8) is 0 Å². The fraction of sp³-hybridized carbons (Fsp3) is 0.286. The van der Waals surface area contributed by atoms with E-state index in [1.165, 1.54) is 46.1 Å². The molecule has 126 valence electrons. The van der Waals surface area contributed by atoms with Crippen molar-refractivity contribution in [3.8, 4) is 11.3 Å². The van der Waals surface area contributed by atoms with E-state index in [2.05, 4.69) is 57.5 Å². The molecule has 0 atom stereocenters. The van der Waals surface area contributed by atoms with Gasteiger partial charge in [0.1, 0.15) is 5.65 Å². The number of fused-ring (bicyclic) bond motifs is 2. The van der Waals surface area contributed by atoms with Crippen molar-refractivity contribution in [1.82, 2.24) is 20.3 Å². The number of aromatic nitrogens is 3. The van der Waals surface area contributed by atoms with Gasteiger partial charge >= 0.3 is 0 Å². The first-order valence-corrected chi connectivity index (χ1v) is 9.06. The second kappa shape index (κ2) is 5.74. The van der Waals surface area contributed by atoms with Gasteiger partial charge in [0.25, 0.3) is 0 Å². The van der Waals surface area contributed by atoms with E-state index in [-0.39, 0.29) is 0 Å². The first-order valence-electron chi connectivity index (χ1n) is 9.06. The number of H-pyrrole nitrogens is 2. The average Bonchev–Trinajstić information content (AvgIpc) is 3.27. The highest BCUT2D eigenvalue weighted by Gasteiger charge is 2.18. The topological polar surface area (TPSA) is 56.5 Å². The highest BCUT2D eigenvalue weighted by atomic mass is 14.9. The van der Waals surface area contributed by atoms with Gasteiger partial charge in [-0.2, -0.15) is 0 Å². The smallest absolute Gasteiger partial charge is 0.137 e. The zero-order valence-corrected chi connectivity index (χ0v) is 14.4. The van der Waals surface area contributed by atoms with Gasteiger partial charge in [0.15, 0.2) is 0 Å². The van der Waals surface area contributed by atoms with Gasteiger partial charge in [-0.1, -0.05) is 6.07 Å². The summed E-state index contributed by atoms with van der Waals surface area (Å²) in [7, 11) is 0. The minimum Gasteiger partial charge on any atom is -0.354 e. The number of hydrogen-bond donors (Lipinski definition) is 3. The molecule has 4 nitrogen and oxygen atoms in total. The molecule has 0 unspecified atom stereocenters. The molecule has 0 radical (unpaired) electrons. The molecule has 1 fully saturated rings. The molecule has 1 saturated heterocycles. The van der Waals surface area contributed by atoms with Crippen molar-refractivity contribution in [1.29, 1.82) is 0 Å². The van der Waals surface area contributed by atoms with Gasteiger partial charge in [0.2, 0.25) is 0 Å². The summed E-state index contributed by atoms with van der Waals surface area (Å²) in [6, 6.07) is 11.1. The molecule has 0 spiro atoms. The standard InChI is InChI=1S/C21H22N4/c1-13-18-12-15(14-4-8-22-9-5-14)2-3-19(18)25-20(13)16-6-10-23-21-17(16)7-11-24-21/h2-3,6-7,10-12,14,22,25H,4-5,8-9H2,1H3,(H,23,24). The average molecular weight is 330 g/mol. The SMILES string of the molecule is Cc1c(-c2ccnc3[nH]ccc23)[nH]c2ccc(C3CCNCC3)cc12. The van der Waals surface area contributed by atoms with Crippen LogP contribution in [0.2, 0.25) is 0 Å². The van der Waals surface area contributed by atoms with Crippen LogP contribution in [-0.4, -0.2) is 28.0 Å². The summed E-state index contributed by atoms with van der Waals surface area (Å²) in [6.45, 7) is 4.48. The van der Waals surface area contributed by atoms with Crippen molar-refractivity contribution in [2.45, 2.75) is 25.7 Å². The third-order valence-corrected chi connectivity index (χ3v) is 5.62. The number of aromatic amines is 2. The lowest BCUT2D eigenvalue weighted by molar-refractivity contribution is 0.460. The van der Waals surface area contributed by atoms with Gasteiger partial charge in [-0.05, 0) is 74.2 Å². The molecular weight excluding hydrogens is 308 g/mol. The maximum absolute atomic E-state index is 4.41. The van der Waals surface area contributed by atoms with E-state index in [1.54, 1.807) is 0 Å². The van der Waals surface area contributed by atoms with Crippen molar-refractivity contribution in [3.05, 3.63) is 53.9 Å². The molecule has 1 aromatic carbocycles. The lowest BCUT2D eigenvalue weighted by Gasteiger charge is -2.23. The van der Waals surface area contributed by atoms with Gasteiger partial charge in [0.05, 0.1) is 5.69 Å². The number of nitrogens with one attached hydrogen (secondary N) is 3. The highest BCUT2D eigenvalue weighted by Crippen LogP contribution is 2.35. The molecule has 4 aromatic rings. The summed E-state index contributed by atoms with van der Waals surface area (Å²) in [5, 5.41) is 5.96. The van der Waals surface area contributed by atoms with Gasteiger partial charge in [-0.25, -0.2) is 4.98 Å². The Labute approximate surface area is 146 Å². The lowest BCUT2D eigenvalue weighted by atomic mass is 9.89. The van der Waals surface area contributed by atoms with Gasteiger partial charge in [-0.3, -0.25) is 0 Å². The van der Waals surface area contributed by atoms with E-state index in [0.717, 1.165) is 24.1 Å². The minimum absolute atomic E-state index is 0.681. The normalized spacial score (nSPS) is 16.0. The zero-order valence-electron chi connectivity index (χ0n) is 14.4. The molecule has 4 heterocycles. The molecule has 3 N–H and O–H groups in total. The quantitative estimate of drug-likeness (QED) is 0.507. The van der Waals surface area contributed by atoms with Crippen molar-refractivity contribution in [2.75, 3.05) is 13.1 Å². The second-order valence-corrected chi connectivity index (χ2v) is 7.05. The highest BCUT2D eigenvalue weighted by molar-refractivity contribution is 5.98. The van der Waals surface area contributed by atoms with E-state index >= 15 is 0 Å². The molecule has 0 saturated carbocycles. The van der Waals surface area contributed by atoms with Crippen LogP contribution in [0.25, 0.3) is 33.2 Å². The molecular formula is C21H22N4. The molecule has 25 heavy (non-hydrogen) atoms. The maximum Gasteiger partial charge on any atom is 0.137 e. The van der Waals surface area contributed by atoms with Crippen LogP contribution in [0.1, 0.15) is 29.9 Å². The molecule has 4 heteroatoms. The third-order valence-electron chi connectivity index (χ3n) is 5.62. The molecule has 0 aliphatic carbocycles. The zero-order chi connectivity index (χ0) is 16.8. The Morgan fingerprint density at radius 1 is 1.04 bits per heavy atom. The number of aryl methyl sites for hydroxylation is 1. The van der Waals surface area contributed by atoms with E-state index < -0.39 is 0 Å². The Morgan fingerprint density at radius 3 is 2.80 bits per heavy atom. The molecule has 3 aromatic heterocycles. The summed E-state index contributed by atoms with van der Waals surface area (Å²) >= 11 is 0. The van der Waals surface area contributed by atoms with E-state index in [4.69, 9.17) is 0 Å². The first-order chi connectivity index (χ1) is 12.3. The number of nitrogens with zero attached hydrogens (tertiary/aromatic N) is 1. The summed E-state index contributed by atoms with van der Waals surface area (Å²) in [5.41, 5.74) is 7.35. The van der Waals surface area contributed by atoms with Crippen LogP contribution < -0.4 is 5.32 Å². The molecule has 0 amide bonds. The third kappa shape index (κ3) is 2.36. The van der Waals surface area contributed by atoms with Crippen molar-refractivity contribution >= 4 is 21.9 Å². The van der Waals surface area contributed by atoms with Gasteiger partial charge in [-0.15, -0.1) is 0 Å². The molecule has 1 aliphatic rings. The number of rotatable bonds is 2. The van der Waals surface area contributed by atoms with Crippen LogP contribution in [0.5, 0.6) is 0 Å². The summed E-state index contributed by atoms with van der Waals surface area (Å²) < 4.78 is 0. The van der Waals surface area contributed by atoms with Crippen LogP contribution in [0.3, 0.4) is 0 Å². The minimum atomic E-state index is 0.681. The summed E-state index contributed by atoms with van der Waals surface area (Å²) in [4.78, 5) is 11.3. The summed E-state index contributed by atoms with van der Waals surface area (Å²) in [6.07, 6.45) is 6.29. The predicted octanol–water partition coefficient (Wildman–Crippen LogP) is 4.49. The van der Waals surface area contributed by atoms with Crippen LogP contribution in [-0.2, 0) is 0 Å². The Hall–Kier alpha value is -2.59. The molecule has 5 rings (SSSR count). The Morgan fingerprint density at radius 2 is 1.92 bits per heavy atom. The van der Waals surface area contributed by atoms with E-state index in [0.29, 0.717) is 5.92 Å². The molecule has 0 bridgehead atoms. The van der Waals surface area contributed by atoms with Crippen LogP contribution in [0.15, 0.2) is 42.7 Å². The Kier molecular flexibility index (Phi) is 3.38. The fourth-order valence-electron chi connectivity index (χ4n) is 4.20. The number of hydrogen-bond acceptors (Lipinski definition) is 2. The van der Waals surface area contributed by atoms with Gasteiger partial charge < -0.3 is 15.3 Å². The maximum atomic E-state index is 4.41. The van der Waals surface area contributed by atoms with Gasteiger partial charge in [0, 0.05) is 34.2 Å². The molecule has 1 aliphatic heterocycles.